The minimum absolute atomic E-state index is 0. The third-order valence-corrected chi connectivity index (χ3v) is 3.23. The van der Waals surface area contributed by atoms with E-state index in [1.165, 1.54) is 6.41 Å². The molecule has 0 spiro atoms. The molecule has 0 fully saturated rings. The van der Waals surface area contributed by atoms with Crippen molar-refractivity contribution in [2.24, 2.45) is 0 Å². The van der Waals surface area contributed by atoms with E-state index >= 15 is 0 Å². The summed E-state index contributed by atoms with van der Waals surface area (Å²) in [5, 5.41) is 5.35. The van der Waals surface area contributed by atoms with E-state index in [9.17, 15) is 9.18 Å². The zero-order chi connectivity index (χ0) is 20.1. The molecule has 0 aromatic rings. The topological polar surface area (TPSA) is 78.1 Å². The van der Waals surface area contributed by atoms with Crippen molar-refractivity contribution in [3.63, 3.8) is 0 Å². The van der Waals surface area contributed by atoms with Gasteiger partial charge >= 0.3 is 51.4 Å². The molecule has 0 aromatic carbocycles. The first-order valence-corrected chi connectivity index (χ1v) is 9.36. The fraction of sp³-hybridized carbons (Fsp3) is 0.895. The van der Waals surface area contributed by atoms with Gasteiger partial charge in [-0.05, 0) is 20.4 Å². The van der Waals surface area contributed by atoms with Gasteiger partial charge in [0.05, 0.1) is 51.8 Å². The van der Waals surface area contributed by atoms with E-state index in [2.05, 4.69) is 17.6 Å². The summed E-state index contributed by atoms with van der Waals surface area (Å²) in [5.41, 5.74) is -0.992. The zero-order valence-electron chi connectivity index (χ0n) is 19.1. The van der Waals surface area contributed by atoms with Crippen LogP contribution in [0, 0.1) is 7.43 Å². The standard InChI is InChI=1S/C16H32FN2O5.C2H6.CH3.K/c1-4-18-5-6-21-7-8-22-9-10-23-11-12-24-16(2,3)15(17)13-19-14-20;1-2;;/h15,18H,4-13H2,1-3H3,(H,19,20);1-2H3;1H3;/q-1;;-1;+1. The van der Waals surface area contributed by atoms with E-state index in [0.717, 1.165) is 13.1 Å². The van der Waals surface area contributed by atoms with Gasteiger partial charge in [0, 0.05) is 13.1 Å². The van der Waals surface area contributed by atoms with Gasteiger partial charge in [0.2, 0.25) is 0 Å². The predicted octanol–water partition coefficient (Wildman–Crippen LogP) is -1.08. The van der Waals surface area contributed by atoms with Gasteiger partial charge in [-0.3, -0.25) is 0 Å². The van der Waals surface area contributed by atoms with Crippen LogP contribution in [0.4, 0.5) is 4.39 Å². The Bertz CT molecular complexity index is 303. The molecule has 1 amide bonds. The molecule has 0 aliphatic heterocycles. The number of alkyl halides is 1. The van der Waals surface area contributed by atoms with E-state index in [-0.39, 0.29) is 72.0 Å². The summed E-state index contributed by atoms with van der Waals surface area (Å²) in [6.07, 6.45) is 0.132. The van der Waals surface area contributed by atoms with Crippen LogP contribution in [0.5, 0.6) is 0 Å². The van der Waals surface area contributed by atoms with Crippen LogP contribution in [0.3, 0.4) is 0 Å². The molecule has 0 radical (unpaired) electrons. The summed E-state index contributed by atoms with van der Waals surface area (Å²) < 4.78 is 35.3. The van der Waals surface area contributed by atoms with Crippen LogP contribution in [-0.2, 0) is 23.7 Å². The van der Waals surface area contributed by atoms with E-state index in [0.29, 0.717) is 39.6 Å². The Morgan fingerprint density at radius 3 is 1.89 bits per heavy atom. The Balaban J connectivity index is -0.000000695. The second-order valence-electron chi connectivity index (χ2n) is 5.59. The third kappa shape index (κ3) is 24.9. The quantitative estimate of drug-likeness (QED) is 0.123. The number of nitrogens with one attached hydrogen (secondary N) is 2. The van der Waals surface area contributed by atoms with E-state index in [1.54, 1.807) is 13.8 Å². The second-order valence-corrected chi connectivity index (χ2v) is 5.59. The third-order valence-electron chi connectivity index (χ3n) is 3.23. The van der Waals surface area contributed by atoms with Gasteiger partial charge in [-0.25, -0.2) is 4.39 Å². The average Bonchev–Trinajstić information content (AvgIpc) is 2.65. The molecule has 0 aromatic heterocycles. The number of carbonyl (C=O) groups excluding carboxylic acids is 1. The largest absolute Gasteiger partial charge is 1.00 e. The number of halogens is 1. The fourth-order valence-electron chi connectivity index (χ4n) is 1.69. The first-order chi connectivity index (χ1) is 12.5. The molecule has 0 rings (SSSR count). The number of hydrogen-bond donors (Lipinski definition) is 2. The Morgan fingerprint density at radius 2 is 1.43 bits per heavy atom. The molecule has 0 aliphatic rings. The maximum atomic E-state index is 13.8. The smallest absolute Gasteiger partial charge is 0.527 e. The Kier molecular flexibility index (Phi) is 36.0. The molecular formula is C19H41FKN2O5-. The molecule has 0 saturated heterocycles. The molecule has 9 heteroatoms. The first kappa shape index (κ1) is 36.2. The van der Waals surface area contributed by atoms with Crippen molar-refractivity contribution in [3.8, 4) is 0 Å². The van der Waals surface area contributed by atoms with E-state index < -0.39 is 11.8 Å². The Hall–Kier alpha value is 0.836. The molecule has 1 unspecified atom stereocenters. The van der Waals surface area contributed by atoms with Crippen LogP contribution in [0.15, 0.2) is 0 Å². The average molecular weight is 436 g/mol. The van der Waals surface area contributed by atoms with Crippen molar-refractivity contribution in [3.05, 3.63) is 7.43 Å². The molecule has 0 aliphatic carbocycles. The van der Waals surface area contributed by atoms with Crippen LogP contribution >= 0.6 is 0 Å². The Morgan fingerprint density at radius 1 is 0.964 bits per heavy atom. The molecule has 28 heavy (non-hydrogen) atoms. The zero-order valence-corrected chi connectivity index (χ0v) is 22.2. The van der Waals surface area contributed by atoms with Gasteiger partial charge in [-0.2, -0.15) is 6.41 Å². The normalized spacial score (nSPS) is 11.4. The monoisotopic (exact) mass is 435 g/mol. The molecule has 0 heterocycles. The van der Waals surface area contributed by atoms with Crippen molar-refractivity contribution >= 4 is 6.41 Å². The van der Waals surface area contributed by atoms with Crippen LogP contribution in [0.2, 0.25) is 0 Å². The maximum absolute atomic E-state index is 13.8. The van der Waals surface area contributed by atoms with Crippen molar-refractivity contribution in [2.45, 2.75) is 46.4 Å². The summed E-state index contributed by atoms with van der Waals surface area (Å²) in [5.74, 6) is 0. The minimum Gasteiger partial charge on any atom is -0.527 e. The SMILES string of the molecule is CC.CCNCCOCCOCCOCCOC(C)(C)C(F)CN[C-]=O.[CH3-].[K+]. The molecule has 166 valence electrons. The molecule has 1 atom stereocenters. The van der Waals surface area contributed by atoms with Crippen molar-refractivity contribution in [1.29, 1.82) is 0 Å². The van der Waals surface area contributed by atoms with E-state index in [4.69, 9.17) is 18.9 Å². The van der Waals surface area contributed by atoms with Crippen molar-refractivity contribution in [1.82, 2.24) is 10.6 Å². The molecule has 0 bridgehead atoms. The van der Waals surface area contributed by atoms with Gasteiger partial charge in [-0.1, -0.05) is 20.8 Å². The number of ether oxygens (including phenoxy) is 4. The Labute approximate surface area is 214 Å². The minimum atomic E-state index is -1.31. The van der Waals surface area contributed by atoms with Gasteiger partial charge < -0.3 is 41.8 Å². The van der Waals surface area contributed by atoms with Crippen LogP contribution < -0.4 is 62.0 Å². The molecule has 7 nitrogen and oxygen atoms in total. The van der Waals surface area contributed by atoms with Crippen molar-refractivity contribution < 1.29 is 79.5 Å². The number of likely N-dealkylation sites (N-methyl/N-ethyl adjacent to an activating group) is 1. The van der Waals surface area contributed by atoms with E-state index in [1.807, 2.05) is 13.8 Å². The molecule has 0 saturated carbocycles. The summed E-state index contributed by atoms with van der Waals surface area (Å²) in [6.45, 7) is 14.3. The fourth-order valence-corrected chi connectivity index (χ4v) is 1.69. The summed E-state index contributed by atoms with van der Waals surface area (Å²) in [7, 11) is 0. The second kappa shape index (κ2) is 27.8. The van der Waals surface area contributed by atoms with Crippen LogP contribution in [-0.4, -0.2) is 84.1 Å². The molecule has 2 N–H and O–H groups in total. The number of rotatable bonds is 18. The van der Waals surface area contributed by atoms with Crippen LogP contribution in [0.25, 0.3) is 0 Å². The van der Waals surface area contributed by atoms with Gasteiger partial charge in [0.1, 0.15) is 6.17 Å². The number of hydrogen-bond acceptors (Lipinski definition) is 6. The predicted molar refractivity (Wildman–Crippen MR) is 107 cm³/mol. The van der Waals surface area contributed by atoms with Gasteiger partial charge in [-0.15, -0.1) is 0 Å². The van der Waals surface area contributed by atoms with Crippen molar-refractivity contribution in [2.75, 3.05) is 65.9 Å². The van der Waals surface area contributed by atoms with Crippen LogP contribution in [0.1, 0.15) is 34.6 Å². The summed E-state index contributed by atoms with van der Waals surface area (Å²) >= 11 is 0. The summed E-state index contributed by atoms with van der Waals surface area (Å²) in [4.78, 5) is 10.0. The maximum Gasteiger partial charge on any atom is 1.00 e. The number of amides is 1. The van der Waals surface area contributed by atoms with Gasteiger partial charge in [0.25, 0.3) is 0 Å². The molecular weight excluding hydrogens is 394 g/mol. The first-order valence-electron chi connectivity index (χ1n) is 9.36. The summed E-state index contributed by atoms with van der Waals surface area (Å²) in [6, 6.07) is 0. The van der Waals surface area contributed by atoms with Gasteiger partial charge in [0.15, 0.2) is 0 Å².